The number of sulfone groups is 1. The highest BCUT2D eigenvalue weighted by Crippen LogP contribution is 2.18. The summed E-state index contributed by atoms with van der Waals surface area (Å²) in [6.07, 6.45) is 2.74. The predicted molar refractivity (Wildman–Crippen MR) is 73.3 cm³/mol. The molecule has 0 amide bonds. The van der Waals surface area contributed by atoms with Gasteiger partial charge in [-0.1, -0.05) is 13.8 Å². The van der Waals surface area contributed by atoms with Gasteiger partial charge in [-0.3, -0.25) is 4.68 Å². The molecule has 1 rings (SSSR count). The molecule has 6 heteroatoms. The minimum atomic E-state index is -2.93. The van der Waals surface area contributed by atoms with Gasteiger partial charge >= 0.3 is 0 Å². The second-order valence-corrected chi connectivity index (χ2v) is 6.83. The number of aromatic nitrogens is 2. The van der Waals surface area contributed by atoms with Crippen molar-refractivity contribution in [1.29, 1.82) is 0 Å². The van der Waals surface area contributed by atoms with E-state index in [4.69, 9.17) is 0 Å². The van der Waals surface area contributed by atoms with Crippen LogP contribution in [0.2, 0.25) is 0 Å². The average Bonchev–Trinajstić information content (AvgIpc) is 2.64. The number of hydrogen-bond acceptors (Lipinski definition) is 4. The normalized spacial score (nSPS) is 13.8. The maximum atomic E-state index is 11.3. The quantitative estimate of drug-likeness (QED) is 0.807. The SMILES string of the molecule is CCNC(CCS(C)(=O)=O)c1cc(CC)nn1C. The van der Waals surface area contributed by atoms with Gasteiger partial charge in [0, 0.05) is 13.3 Å². The number of nitrogens with one attached hydrogen (secondary N) is 1. The molecule has 1 aromatic heterocycles. The van der Waals surface area contributed by atoms with Crippen molar-refractivity contribution in [2.75, 3.05) is 18.6 Å². The van der Waals surface area contributed by atoms with Crippen LogP contribution in [-0.2, 0) is 23.3 Å². The van der Waals surface area contributed by atoms with Crippen LogP contribution < -0.4 is 5.32 Å². The molecule has 0 saturated carbocycles. The molecule has 1 aromatic rings. The van der Waals surface area contributed by atoms with Gasteiger partial charge in [0.1, 0.15) is 9.84 Å². The molecule has 0 bridgehead atoms. The Kier molecular flexibility index (Phi) is 5.34. The van der Waals surface area contributed by atoms with Crippen molar-refractivity contribution in [3.05, 3.63) is 17.5 Å². The number of hydrogen-bond donors (Lipinski definition) is 1. The fraction of sp³-hybridized carbons (Fsp3) is 0.750. The molecule has 1 atom stereocenters. The Bertz CT molecular complexity index is 480. The summed E-state index contributed by atoms with van der Waals surface area (Å²) in [5.74, 6) is 0.192. The van der Waals surface area contributed by atoms with Gasteiger partial charge < -0.3 is 5.32 Å². The van der Waals surface area contributed by atoms with Gasteiger partial charge in [-0.25, -0.2) is 8.42 Å². The van der Waals surface area contributed by atoms with E-state index >= 15 is 0 Å². The summed E-state index contributed by atoms with van der Waals surface area (Å²) in [7, 11) is -1.02. The number of rotatable bonds is 7. The van der Waals surface area contributed by atoms with Crippen LogP contribution in [0.4, 0.5) is 0 Å². The molecule has 0 spiro atoms. The molecule has 0 aliphatic rings. The van der Waals surface area contributed by atoms with Crippen molar-refractivity contribution in [3.63, 3.8) is 0 Å². The Hall–Kier alpha value is -0.880. The van der Waals surface area contributed by atoms with E-state index in [0.717, 1.165) is 24.4 Å². The summed E-state index contributed by atoms with van der Waals surface area (Å²) < 4.78 is 24.4. The van der Waals surface area contributed by atoms with Crippen molar-refractivity contribution in [3.8, 4) is 0 Å². The van der Waals surface area contributed by atoms with E-state index in [1.54, 1.807) is 0 Å². The van der Waals surface area contributed by atoms with Crippen LogP contribution in [0.25, 0.3) is 0 Å². The van der Waals surface area contributed by atoms with Crippen LogP contribution >= 0.6 is 0 Å². The molecular weight excluding hydrogens is 250 g/mol. The van der Waals surface area contributed by atoms with E-state index in [0.29, 0.717) is 6.42 Å². The molecule has 0 aliphatic carbocycles. The number of nitrogens with zero attached hydrogens (tertiary/aromatic N) is 2. The van der Waals surface area contributed by atoms with Gasteiger partial charge in [-0.15, -0.1) is 0 Å². The third-order valence-electron chi connectivity index (χ3n) is 2.91. The highest BCUT2D eigenvalue weighted by molar-refractivity contribution is 7.90. The molecule has 0 aliphatic heterocycles. The fourth-order valence-electron chi connectivity index (χ4n) is 1.98. The summed E-state index contributed by atoms with van der Waals surface area (Å²) in [6, 6.07) is 2.10. The third-order valence-corrected chi connectivity index (χ3v) is 3.89. The second-order valence-electron chi connectivity index (χ2n) is 4.57. The zero-order valence-electron chi connectivity index (χ0n) is 11.6. The van der Waals surface area contributed by atoms with Crippen molar-refractivity contribution in [1.82, 2.24) is 15.1 Å². The Labute approximate surface area is 109 Å². The maximum absolute atomic E-state index is 11.3. The Balaban J connectivity index is 2.86. The van der Waals surface area contributed by atoms with Gasteiger partial charge in [0.25, 0.3) is 0 Å². The second kappa shape index (κ2) is 6.33. The molecule has 1 unspecified atom stereocenters. The molecule has 18 heavy (non-hydrogen) atoms. The van der Waals surface area contributed by atoms with Crippen LogP contribution in [0.3, 0.4) is 0 Å². The first-order valence-corrected chi connectivity index (χ1v) is 8.37. The van der Waals surface area contributed by atoms with Gasteiger partial charge in [0.05, 0.1) is 23.2 Å². The Morgan fingerprint density at radius 1 is 1.44 bits per heavy atom. The first-order valence-electron chi connectivity index (χ1n) is 6.31. The molecule has 0 fully saturated rings. The van der Waals surface area contributed by atoms with Crippen molar-refractivity contribution in [2.24, 2.45) is 7.05 Å². The van der Waals surface area contributed by atoms with Gasteiger partial charge in [-0.2, -0.15) is 5.10 Å². The standard InChI is InChI=1S/C12H23N3O2S/c1-5-10-9-12(15(3)14-10)11(13-6-2)7-8-18(4,16)17/h9,11,13H,5-8H2,1-4H3. The number of aryl methyl sites for hydroxylation is 2. The van der Waals surface area contributed by atoms with E-state index in [1.165, 1.54) is 6.26 Å². The molecule has 1 N–H and O–H groups in total. The molecule has 0 aromatic carbocycles. The van der Waals surface area contributed by atoms with Crippen molar-refractivity contribution < 1.29 is 8.42 Å². The van der Waals surface area contributed by atoms with Crippen molar-refractivity contribution in [2.45, 2.75) is 32.7 Å². The third kappa shape index (κ3) is 4.42. The van der Waals surface area contributed by atoms with Gasteiger partial charge in [-0.05, 0) is 25.5 Å². The summed E-state index contributed by atoms with van der Waals surface area (Å²) in [4.78, 5) is 0. The van der Waals surface area contributed by atoms with Crippen LogP contribution in [0.1, 0.15) is 37.7 Å². The minimum absolute atomic E-state index is 0.0440. The lowest BCUT2D eigenvalue weighted by atomic mass is 10.1. The Morgan fingerprint density at radius 2 is 2.11 bits per heavy atom. The van der Waals surface area contributed by atoms with E-state index in [2.05, 4.69) is 23.4 Å². The summed E-state index contributed by atoms with van der Waals surface area (Å²) in [5.41, 5.74) is 2.09. The van der Waals surface area contributed by atoms with E-state index in [9.17, 15) is 8.42 Å². The fourth-order valence-corrected chi connectivity index (χ4v) is 2.64. The zero-order chi connectivity index (χ0) is 13.8. The van der Waals surface area contributed by atoms with Crippen LogP contribution in [0.5, 0.6) is 0 Å². The zero-order valence-corrected chi connectivity index (χ0v) is 12.4. The van der Waals surface area contributed by atoms with E-state index < -0.39 is 9.84 Å². The van der Waals surface area contributed by atoms with Crippen LogP contribution in [0.15, 0.2) is 6.07 Å². The van der Waals surface area contributed by atoms with Crippen LogP contribution in [0, 0.1) is 0 Å². The molecule has 5 nitrogen and oxygen atoms in total. The smallest absolute Gasteiger partial charge is 0.147 e. The van der Waals surface area contributed by atoms with E-state index in [1.807, 2.05) is 18.7 Å². The monoisotopic (exact) mass is 273 g/mol. The lowest BCUT2D eigenvalue weighted by Gasteiger charge is -2.17. The van der Waals surface area contributed by atoms with Crippen LogP contribution in [-0.4, -0.2) is 36.8 Å². The highest BCUT2D eigenvalue weighted by atomic mass is 32.2. The summed E-state index contributed by atoms with van der Waals surface area (Å²) in [5, 5.41) is 7.73. The lowest BCUT2D eigenvalue weighted by molar-refractivity contribution is 0.494. The molecule has 1 heterocycles. The summed E-state index contributed by atoms with van der Waals surface area (Å²) >= 11 is 0. The van der Waals surface area contributed by atoms with Gasteiger partial charge in [0.15, 0.2) is 0 Å². The topological polar surface area (TPSA) is 64.0 Å². The maximum Gasteiger partial charge on any atom is 0.147 e. The average molecular weight is 273 g/mol. The molecule has 104 valence electrons. The minimum Gasteiger partial charge on any atom is -0.309 e. The predicted octanol–water partition coefficient (Wildman–Crippen LogP) is 1.07. The van der Waals surface area contributed by atoms with Crippen molar-refractivity contribution >= 4 is 9.84 Å². The molecular formula is C12H23N3O2S. The lowest BCUT2D eigenvalue weighted by Crippen LogP contribution is -2.25. The first-order chi connectivity index (χ1) is 8.37. The highest BCUT2D eigenvalue weighted by Gasteiger charge is 2.17. The molecule has 0 radical (unpaired) electrons. The molecule has 0 saturated heterocycles. The summed E-state index contributed by atoms with van der Waals surface area (Å²) in [6.45, 7) is 4.89. The Morgan fingerprint density at radius 3 is 2.56 bits per heavy atom. The van der Waals surface area contributed by atoms with Gasteiger partial charge in [0.2, 0.25) is 0 Å². The first kappa shape index (κ1) is 15.2. The largest absolute Gasteiger partial charge is 0.309 e. The van der Waals surface area contributed by atoms with E-state index in [-0.39, 0.29) is 11.8 Å².